The fourth-order valence-corrected chi connectivity index (χ4v) is 3.02. The predicted octanol–water partition coefficient (Wildman–Crippen LogP) is 3.97. The van der Waals surface area contributed by atoms with Crippen molar-refractivity contribution in [2.45, 2.75) is 37.1 Å². The molecule has 0 heterocycles. The molecule has 0 bridgehead atoms. The topological polar surface area (TPSA) is 29.1 Å². The second-order valence-electron chi connectivity index (χ2n) is 5.42. The molecule has 19 heavy (non-hydrogen) atoms. The van der Waals surface area contributed by atoms with Crippen molar-refractivity contribution >= 4 is 40.7 Å². The summed E-state index contributed by atoms with van der Waals surface area (Å²) in [4.78, 5) is 12.1. The van der Waals surface area contributed by atoms with E-state index < -0.39 is 9.75 Å². The normalized spacial score (nSPS) is 25.7. The zero-order valence-corrected chi connectivity index (χ0v) is 13.1. The Morgan fingerprint density at radius 3 is 2.63 bits per heavy atom. The Kier molecular flexibility index (Phi) is 4.06. The maximum absolute atomic E-state index is 12.1. The molecule has 2 rings (SSSR count). The van der Waals surface area contributed by atoms with Gasteiger partial charge in [-0.2, -0.15) is 0 Å². The van der Waals surface area contributed by atoms with Crippen molar-refractivity contribution in [3.63, 3.8) is 0 Å². The lowest BCUT2D eigenvalue weighted by atomic mass is 10.0. The van der Waals surface area contributed by atoms with Gasteiger partial charge in [-0.05, 0) is 44.4 Å². The molecule has 1 amide bonds. The summed E-state index contributed by atoms with van der Waals surface area (Å²) in [6, 6.07) is 7.62. The van der Waals surface area contributed by atoms with E-state index in [9.17, 15) is 4.79 Å². The summed E-state index contributed by atoms with van der Waals surface area (Å²) in [5.74, 6) is -0.0907. The molecule has 1 fully saturated rings. The molecule has 1 aromatic rings. The van der Waals surface area contributed by atoms with E-state index in [4.69, 9.17) is 34.8 Å². The molecule has 0 spiro atoms. The number of amides is 1. The molecule has 0 saturated heterocycles. The van der Waals surface area contributed by atoms with E-state index >= 15 is 0 Å². The number of carbonyl (C=O) groups excluding carboxylic acids is 1. The fourth-order valence-electron chi connectivity index (χ4n) is 2.10. The van der Waals surface area contributed by atoms with E-state index in [1.54, 1.807) is 6.92 Å². The first-order valence-electron chi connectivity index (χ1n) is 6.18. The number of nitrogens with one attached hydrogen (secondary N) is 1. The second-order valence-corrected chi connectivity index (χ2v) is 7.34. The summed E-state index contributed by atoms with van der Waals surface area (Å²) in [5, 5.41) is 3.65. The molecule has 0 unspecified atom stereocenters. The SMILES string of the molecule is C[C@@H](Cc1cccc(Cl)c1)NC(=O)[C@]1(C)CC1(Cl)Cl. The molecule has 1 aliphatic rings. The van der Waals surface area contributed by atoms with Gasteiger partial charge in [0.15, 0.2) is 0 Å². The third-order valence-electron chi connectivity index (χ3n) is 3.57. The zero-order valence-electron chi connectivity index (χ0n) is 10.8. The maximum Gasteiger partial charge on any atom is 0.229 e. The van der Waals surface area contributed by atoms with Crippen molar-refractivity contribution in [2.75, 3.05) is 0 Å². The van der Waals surface area contributed by atoms with Crippen LogP contribution < -0.4 is 5.32 Å². The van der Waals surface area contributed by atoms with Crippen LogP contribution in [-0.4, -0.2) is 16.3 Å². The van der Waals surface area contributed by atoms with Gasteiger partial charge in [0, 0.05) is 11.1 Å². The van der Waals surface area contributed by atoms with E-state index in [1.807, 2.05) is 31.2 Å². The zero-order chi connectivity index (χ0) is 14.3. The smallest absolute Gasteiger partial charge is 0.229 e. The van der Waals surface area contributed by atoms with Crippen LogP contribution in [-0.2, 0) is 11.2 Å². The van der Waals surface area contributed by atoms with Gasteiger partial charge >= 0.3 is 0 Å². The van der Waals surface area contributed by atoms with Gasteiger partial charge in [-0.25, -0.2) is 0 Å². The van der Waals surface area contributed by atoms with Gasteiger partial charge in [-0.3, -0.25) is 4.79 Å². The maximum atomic E-state index is 12.1. The van der Waals surface area contributed by atoms with Crippen molar-refractivity contribution in [3.8, 4) is 0 Å². The van der Waals surface area contributed by atoms with Crippen LogP contribution in [0.15, 0.2) is 24.3 Å². The molecule has 2 atom stereocenters. The largest absolute Gasteiger partial charge is 0.353 e. The number of hydrogen-bond donors (Lipinski definition) is 1. The Labute approximate surface area is 128 Å². The second kappa shape index (κ2) is 5.16. The first kappa shape index (κ1) is 15.0. The molecular weight excluding hydrogens is 305 g/mol. The molecule has 1 aromatic carbocycles. The Morgan fingerprint density at radius 1 is 1.47 bits per heavy atom. The first-order chi connectivity index (χ1) is 8.74. The van der Waals surface area contributed by atoms with Crippen LogP contribution in [0, 0.1) is 5.41 Å². The molecule has 1 saturated carbocycles. The lowest BCUT2D eigenvalue weighted by Gasteiger charge is -2.18. The molecule has 1 N–H and O–H groups in total. The minimum absolute atomic E-state index is 0.00697. The van der Waals surface area contributed by atoms with E-state index in [1.165, 1.54) is 0 Å². The Balaban J connectivity index is 1.92. The summed E-state index contributed by atoms with van der Waals surface area (Å²) in [6.07, 6.45) is 1.22. The average molecular weight is 321 g/mol. The van der Waals surface area contributed by atoms with Crippen LogP contribution in [0.1, 0.15) is 25.8 Å². The van der Waals surface area contributed by atoms with E-state index in [0.29, 0.717) is 11.4 Å². The molecule has 0 aliphatic heterocycles. The summed E-state index contributed by atoms with van der Waals surface area (Å²) in [7, 11) is 0. The van der Waals surface area contributed by atoms with Crippen molar-refractivity contribution in [2.24, 2.45) is 5.41 Å². The monoisotopic (exact) mass is 319 g/mol. The summed E-state index contributed by atoms with van der Waals surface area (Å²) >= 11 is 17.9. The highest BCUT2D eigenvalue weighted by atomic mass is 35.5. The van der Waals surface area contributed by atoms with Crippen molar-refractivity contribution < 1.29 is 4.79 Å². The van der Waals surface area contributed by atoms with Crippen molar-refractivity contribution in [1.29, 1.82) is 0 Å². The Bertz CT molecular complexity index is 503. The van der Waals surface area contributed by atoms with Gasteiger partial charge in [0.2, 0.25) is 5.91 Å². The van der Waals surface area contributed by atoms with Crippen LogP contribution >= 0.6 is 34.8 Å². The standard InChI is InChI=1S/C14H16Cl3NO/c1-9(6-10-4-3-5-11(15)7-10)18-12(19)13(2)8-14(13,16)17/h3-5,7,9H,6,8H2,1-2H3,(H,18,19)/t9-,13-/m0/s1. The highest BCUT2D eigenvalue weighted by Crippen LogP contribution is 2.63. The number of carbonyl (C=O) groups is 1. The highest BCUT2D eigenvalue weighted by Gasteiger charge is 2.67. The molecule has 104 valence electrons. The van der Waals surface area contributed by atoms with Gasteiger partial charge in [0.25, 0.3) is 0 Å². The van der Waals surface area contributed by atoms with Crippen LogP contribution in [0.3, 0.4) is 0 Å². The molecule has 1 aliphatic carbocycles. The molecule has 0 radical (unpaired) electrons. The van der Waals surface area contributed by atoms with Crippen molar-refractivity contribution in [3.05, 3.63) is 34.9 Å². The molecule has 0 aromatic heterocycles. The lowest BCUT2D eigenvalue weighted by Crippen LogP contribution is -2.40. The van der Waals surface area contributed by atoms with Crippen LogP contribution in [0.5, 0.6) is 0 Å². The first-order valence-corrected chi connectivity index (χ1v) is 7.31. The molecular formula is C14H16Cl3NO. The van der Waals surface area contributed by atoms with Gasteiger partial charge in [0.05, 0.1) is 5.41 Å². The number of hydrogen-bond acceptors (Lipinski definition) is 1. The molecule has 2 nitrogen and oxygen atoms in total. The quantitative estimate of drug-likeness (QED) is 0.836. The fraction of sp³-hybridized carbons (Fsp3) is 0.500. The van der Waals surface area contributed by atoms with Gasteiger partial charge in [-0.1, -0.05) is 23.7 Å². The number of alkyl halides is 2. The van der Waals surface area contributed by atoms with Crippen LogP contribution in [0.4, 0.5) is 0 Å². The Morgan fingerprint density at radius 2 is 2.11 bits per heavy atom. The van der Waals surface area contributed by atoms with Crippen LogP contribution in [0.2, 0.25) is 5.02 Å². The third kappa shape index (κ3) is 3.18. The van der Waals surface area contributed by atoms with E-state index in [0.717, 1.165) is 12.0 Å². The summed E-state index contributed by atoms with van der Waals surface area (Å²) < 4.78 is -0.924. The number of benzene rings is 1. The third-order valence-corrected chi connectivity index (χ3v) is 4.90. The minimum atomic E-state index is -0.924. The number of halogens is 3. The van der Waals surface area contributed by atoms with Crippen molar-refractivity contribution in [1.82, 2.24) is 5.32 Å². The lowest BCUT2D eigenvalue weighted by molar-refractivity contribution is -0.126. The Hall–Kier alpha value is -0.440. The van der Waals surface area contributed by atoms with Gasteiger partial charge < -0.3 is 5.32 Å². The van der Waals surface area contributed by atoms with E-state index in [2.05, 4.69) is 5.32 Å². The highest BCUT2D eigenvalue weighted by molar-refractivity contribution is 6.53. The summed E-state index contributed by atoms with van der Waals surface area (Å²) in [6.45, 7) is 3.74. The van der Waals surface area contributed by atoms with Gasteiger partial charge in [-0.15, -0.1) is 23.2 Å². The predicted molar refractivity (Wildman–Crippen MR) is 79.9 cm³/mol. The van der Waals surface area contributed by atoms with E-state index in [-0.39, 0.29) is 11.9 Å². The van der Waals surface area contributed by atoms with Crippen LogP contribution in [0.25, 0.3) is 0 Å². The molecule has 5 heteroatoms. The minimum Gasteiger partial charge on any atom is -0.353 e. The average Bonchev–Trinajstić information content (AvgIpc) is 2.79. The van der Waals surface area contributed by atoms with Gasteiger partial charge in [0.1, 0.15) is 4.33 Å². The summed E-state index contributed by atoms with van der Waals surface area (Å²) in [5.41, 5.74) is 0.419. The number of rotatable bonds is 4.